The van der Waals surface area contributed by atoms with Crippen LogP contribution in [-0.4, -0.2) is 22.0 Å². The van der Waals surface area contributed by atoms with Gasteiger partial charge in [-0.1, -0.05) is 35.5 Å². The Morgan fingerprint density at radius 2 is 2.00 bits per heavy atom. The number of rotatable bonds is 1. The first-order chi connectivity index (χ1) is 11.4. The van der Waals surface area contributed by atoms with E-state index in [1.165, 1.54) is 5.56 Å². The number of aromatic amines is 1. The molecule has 5 heteroatoms. The third-order valence-corrected chi connectivity index (χ3v) is 5.09. The van der Waals surface area contributed by atoms with E-state index in [9.17, 15) is 0 Å². The van der Waals surface area contributed by atoms with Gasteiger partial charge in [0, 0.05) is 23.8 Å². The molecule has 1 aromatic heterocycles. The summed E-state index contributed by atoms with van der Waals surface area (Å²) in [5, 5.41) is 15.0. The third kappa shape index (κ3) is 1.96. The predicted molar refractivity (Wildman–Crippen MR) is 88.1 cm³/mol. The summed E-state index contributed by atoms with van der Waals surface area (Å²) in [6, 6.07) is 15.1. The lowest BCUT2D eigenvalue weighted by atomic mass is 9.77. The van der Waals surface area contributed by atoms with Crippen molar-refractivity contribution >= 4 is 16.7 Å². The predicted octanol–water partition coefficient (Wildman–Crippen LogP) is 3.59. The lowest BCUT2D eigenvalue weighted by Crippen LogP contribution is -2.36. The average molecular weight is 306 g/mol. The fourth-order valence-electron chi connectivity index (χ4n) is 4.06. The minimum atomic E-state index is 0.0824. The number of aromatic nitrogens is 3. The summed E-state index contributed by atoms with van der Waals surface area (Å²) < 4.78 is 6.22. The molecule has 0 radical (unpaired) electrons. The zero-order valence-electron chi connectivity index (χ0n) is 12.7. The Kier molecular flexibility index (Phi) is 2.88. The van der Waals surface area contributed by atoms with Crippen molar-refractivity contribution in [2.45, 2.75) is 25.0 Å². The van der Waals surface area contributed by atoms with Crippen molar-refractivity contribution in [1.82, 2.24) is 15.4 Å². The first-order valence-electron chi connectivity index (χ1n) is 8.18. The molecule has 116 valence electrons. The molecule has 2 N–H and O–H groups in total. The van der Waals surface area contributed by atoms with Gasteiger partial charge in [0.25, 0.3) is 0 Å². The van der Waals surface area contributed by atoms with Gasteiger partial charge in [0.05, 0.1) is 17.7 Å². The number of nitrogens with one attached hydrogen (secondary N) is 2. The van der Waals surface area contributed by atoms with Gasteiger partial charge < -0.3 is 10.1 Å². The zero-order chi connectivity index (χ0) is 15.2. The van der Waals surface area contributed by atoms with E-state index in [0.717, 1.165) is 41.7 Å². The topological polar surface area (TPSA) is 62.8 Å². The Balaban J connectivity index is 1.68. The van der Waals surface area contributed by atoms with Gasteiger partial charge in [-0.3, -0.25) is 5.10 Å². The van der Waals surface area contributed by atoms with E-state index >= 15 is 0 Å². The number of benzene rings is 2. The standard InChI is InChI=1S/C18H18N4O/c1-2-5-11(6-3-1)16-12-7-4-10-23-18(12)15-13(19-16)8-9-14-17(15)21-22-20-14/h1-3,5-6,8-9,12,16,18-19H,4,7,10H2,(H,20,21,22). The Hall–Kier alpha value is -2.40. The molecule has 0 amide bonds. The normalized spacial score (nSPS) is 26.3. The third-order valence-electron chi connectivity index (χ3n) is 5.09. The second kappa shape index (κ2) is 5.06. The SMILES string of the molecule is c1ccc(C2Nc3ccc4[nH]nnc4c3C3OCCCC23)cc1. The maximum atomic E-state index is 6.22. The quantitative estimate of drug-likeness (QED) is 0.721. The molecule has 1 saturated heterocycles. The largest absolute Gasteiger partial charge is 0.377 e. The van der Waals surface area contributed by atoms with Crippen LogP contribution >= 0.6 is 0 Å². The number of hydrogen-bond donors (Lipinski definition) is 2. The van der Waals surface area contributed by atoms with Crippen molar-refractivity contribution in [2.24, 2.45) is 5.92 Å². The van der Waals surface area contributed by atoms with Gasteiger partial charge in [-0.2, -0.15) is 0 Å². The van der Waals surface area contributed by atoms with Crippen LogP contribution in [0.2, 0.25) is 0 Å². The highest BCUT2D eigenvalue weighted by atomic mass is 16.5. The maximum absolute atomic E-state index is 6.22. The van der Waals surface area contributed by atoms with Gasteiger partial charge in [0.1, 0.15) is 5.52 Å². The van der Waals surface area contributed by atoms with Crippen molar-refractivity contribution < 1.29 is 4.74 Å². The van der Waals surface area contributed by atoms with Crippen LogP contribution in [0.15, 0.2) is 42.5 Å². The van der Waals surface area contributed by atoms with Gasteiger partial charge in [-0.05, 0) is 30.5 Å². The van der Waals surface area contributed by atoms with E-state index in [2.05, 4.69) is 57.1 Å². The number of anilines is 1. The Labute approximate surface area is 134 Å². The highest BCUT2D eigenvalue weighted by molar-refractivity contribution is 5.85. The molecule has 0 bridgehead atoms. The maximum Gasteiger partial charge on any atom is 0.120 e. The van der Waals surface area contributed by atoms with Crippen LogP contribution in [0.1, 0.15) is 36.1 Å². The average Bonchev–Trinajstić information content (AvgIpc) is 3.10. The van der Waals surface area contributed by atoms with Crippen LogP contribution in [-0.2, 0) is 4.74 Å². The molecule has 1 fully saturated rings. The fourth-order valence-corrected chi connectivity index (χ4v) is 4.06. The Morgan fingerprint density at radius 1 is 1.09 bits per heavy atom. The van der Waals surface area contributed by atoms with E-state index in [0.29, 0.717) is 5.92 Å². The van der Waals surface area contributed by atoms with Crippen LogP contribution < -0.4 is 5.32 Å². The summed E-state index contributed by atoms with van der Waals surface area (Å²) in [4.78, 5) is 0. The summed E-state index contributed by atoms with van der Waals surface area (Å²) >= 11 is 0. The summed E-state index contributed by atoms with van der Waals surface area (Å²) in [6.45, 7) is 0.816. The fraction of sp³-hybridized carbons (Fsp3) is 0.333. The van der Waals surface area contributed by atoms with E-state index in [1.54, 1.807) is 0 Å². The molecule has 0 spiro atoms. The summed E-state index contributed by atoms with van der Waals surface area (Å²) in [6.07, 6.45) is 2.35. The lowest BCUT2D eigenvalue weighted by Gasteiger charge is -2.43. The molecule has 0 aliphatic carbocycles. The molecule has 23 heavy (non-hydrogen) atoms. The zero-order valence-corrected chi connectivity index (χ0v) is 12.7. The highest BCUT2D eigenvalue weighted by Gasteiger charge is 2.41. The minimum Gasteiger partial charge on any atom is -0.377 e. The van der Waals surface area contributed by atoms with Gasteiger partial charge in [0.2, 0.25) is 0 Å². The Bertz CT molecular complexity index is 845. The van der Waals surface area contributed by atoms with E-state index in [1.807, 2.05) is 6.07 Å². The molecule has 0 saturated carbocycles. The van der Waals surface area contributed by atoms with E-state index in [4.69, 9.17) is 4.74 Å². The van der Waals surface area contributed by atoms with Crippen molar-refractivity contribution in [3.05, 3.63) is 53.6 Å². The van der Waals surface area contributed by atoms with E-state index in [-0.39, 0.29) is 12.1 Å². The van der Waals surface area contributed by atoms with Crippen LogP contribution in [0.5, 0.6) is 0 Å². The van der Waals surface area contributed by atoms with Crippen LogP contribution in [0, 0.1) is 5.92 Å². The highest BCUT2D eigenvalue weighted by Crippen LogP contribution is 2.50. The van der Waals surface area contributed by atoms with E-state index < -0.39 is 0 Å². The smallest absolute Gasteiger partial charge is 0.120 e. The van der Waals surface area contributed by atoms with Gasteiger partial charge in [-0.15, -0.1) is 5.10 Å². The molecule has 5 rings (SSSR count). The monoisotopic (exact) mass is 306 g/mol. The van der Waals surface area contributed by atoms with Crippen LogP contribution in [0.25, 0.3) is 11.0 Å². The molecule has 2 aliphatic heterocycles. The summed E-state index contributed by atoms with van der Waals surface area (Å²) in [5.41, 5.74) is 5.49. The van der Waals surface area contributed by atoms with Gasteiger partial charge in [0.15, 0.2) is 0 Å². The van der Waals surface area contributed by atoms with Crippen molar-refractivity contribution in [2.75, 3.05) is 11.9 Å². The number of hydrogen-bond acceptors (Lipinski definition) is 4. The molecular formula is C18H18N4O. The van der Waals surface area contributed by atoms with Gasteiger partial charge >= 0.3 is 0 Å². The minimum absolute atomic E-state index is 0.0824. The number of ether oxygens (including phenoxy) is 1. The number of H-pyrrole nitrogens is 1. The lowest BCUT2D eigenvalue weighted by molar-refractivity contribution is -0.0373. The summed E-state index contributed by atoms with van der Waals surface area (Å²) in [7, 11) is 0. The molecule has 3 atom stereocenters. The number of nitrogens with zero attached hydrogens (tertiary/aromatic N) is 2. The molecule has 3 aromatic rings. The molecule has 3 heterocycles. The Morgan fingerprint density at radius 3 is 2.91 bits per heavy atom. The van der Waals surface area contributed by atoms with Crippen LogP contribution in [0.3, 0.4) is 0 Å². The summed E-state index contributed by atoms with van der Waals surface area (Å²) in [5.74, 6) is 0.418. The van der Waals surface area contributed by atoms with Crippen LogP contribution in [0.4, 0.5) is 5.69 Å². The van der Waals surface area contributed by atoms with Crippen molar-refractivity contribution in [3.63, 3.8) is 0 Å². The van der Waals surface area contributed by atoms with Crippen molar-refractivity contribution in [1.29, 1.82) is 0 Å². The molecule has 2 aromatic carbocycles. The first-order valence-corrected chi connectivity index (χ1v) is 8.18. The molecule has 3 unspecified atom stereocenters. The molecule has 5 nitrogen and oxygen atoms in total. The van der Waals surface area contributed by atoms with Gasteiger partial charge in [-0.25, -0.2) is 0 Å². The molecule has 2 aliphatic rings. The van der Waals surface area contributed by atoms with Crippen molar-refractivity contribution in [3.8, 4) is 0 Å². The number of fused-ring (bicyclic) bond motifs is 5. The molecular weight excluding hydrogens is 288 g/mol. The first kappa shape index (κ1) is 13.1. The second-order valence-electron chi connectivity index (χ2n) is 6.36. The second-order valence-corrected chi connectivity index (χ2v) is 6.36.